The van der Waals surface area contributed by atoms with Crippen molar-refractivity contribution in [3.05, 3.63) is 76.8 Å². The van der Waals surface area contributed by atoms with Crippen LogP contribution >= 0.6 is 11.6 Å². The van der Waals surface area contributed by atoms with E-state index in [4.69, 9.17) is 16.3 Å². The molecule has 0 saturated carbocycles. The lowest BCUT2D eigenvalue weighted by atomic mass is 10.2. The van der Waals surface area contributed by atoms with Gasteiger partial charge < -0.3 is 15.4 Å². The predicted octanol–water partition coefficient (Wildman–Crippen LogP) is 4.30. The van der Waals surface area contributed by atoms with Crippen molar-refractivity contribution in [1.82, 2.24) is 10.2 Å². The molecule has 0 unspecified atom stereocenters. The highest BCUT2D eigenvalue weighted by atomic mass is 35.5. The van der Waals surface area contributed by atoms with Crippen LogP contribution in [0.5, 0.6) is 0 Å². The summed E-state index contributed by atoms with van der Waals surface area (Å²) in [5.74, 6) is -0.0687. The second-order valence-electron chi connectivity index (χ2n) is 5.66. The average molecular weight is 397 g/mol. The Labute approximate surface area is 166 Å². The number of aromatic nitrogens is 2. The molecule has 28 heavy (non-hydrogen) atoms. The van der Waals surface area contributed by atoms with Crippen molar-refractivity contribution in [3.8, 4) is 0 Å². The summed E-state index contributed by atoms with van der Waals surface area (Å²) in [5, 5.41) is 14.2. The highest BCUT2D eigenvalue weighted by molar-refractivity contribution is 6.31. The molecule has 2 N–H and O–H groups in total. The molecule has 0 aliphatic rings. The summed E-state index contributed by atoms with van der Waals surface area (Å²) in [4.78, 5) is 24.3. The third-order valence-corrected chi connectivity index (χ3v) is 3.91. The summed E-state index contributed by atoms with van der Waals surface area (Å²) in [6.45, 7) is 2.03. The molecule has 1 heterocycles. The minimum Gasteiger partial charge on any atom is -0.462 e. The minimum absolute atomic E-state index is 0.286. The zero-order valence-electron chi connectivity index (χ0n) is 15.0. The lowest BCUT2D eigenvalue weighted by molar-refractivity contribution is 0.0527. The maximum absolute atomic E-state index is 12.2. The normalized spacial score (nSPS) is 10.2. The van der Waals surface area contributed by atoms with Crippen LogP contribution in [0.3, 0.4) is 0 Å². The van der Waals surface area contributed by atoms with Gasteiger partial charge in [-0.15, -0.1) is 10.2 Å². The first-order valence-electron chi connectivity index (χ1n) is 8.50. The van der Waals surface area contributed by atoms with Gasteiger partial charge in [0.2, 0.25) is 0 Å². The number of hydrogen-bond acceptors (Lipinski definition) is 6. The Morgan fingerprint density at radius 3 is 2.46 bits per heavy atom. The van der Waals surface area contributed by atoms with E-state index >= 15 is 0 Å². The molecular formula is C20H17ClN4O3. The van der Waals surface area contributed by atoms with Gasteiger partial charge in [-0.05, 0) is 49.4 Å². The fourth-order valence-corrected chi connectivity index (χ4v) is 2.59. The van der Waals surface area contributed by atoms with Gasteiger partial charge in [-0.1, -0.05) is 29.8 Å². The van der Waals surface area contributed by atoms with Gasteiger partial charge in [0.1, 0.15) is 0 Å². The highest BCUT2D eigenvalue weighted by Gasteiger charge is 2.13. The molecule has 8 heteroatoms. The third kappa shape index (κ3) is 4.83. The van der Waals surface area contributed by atoms with Crippen molar-refractivity contribution in [1.29, 1.82) is 0 Å². The lowest BCUT2D eigenvalue weighted by Crippen LogP contribution is -2.13. The molecule has 1 aromatic heterocycles. The number of rotatable bonds is 6. The Hall–Kier alpha value is -3.45. The van der Waals surface area contributed by atoms with Gasteiger partial charge in [0.15, 0.2) is 11.6 Å². The van der Waals surface area contributed by atoms with Gasteiger partial charge in [0, 0.05) is 10.6 Å². The number of ether oxygens (including phenoxy) is 1. The van der Waals surface area contributed by atoms with Gasteiger partial charge in [-0.3, -0.25) is 4.79 Å². The van der Waals surface area contributed by atoms with Crippen molar-refractivity contribution >= 4 is 40.8 Å². The molecule has 0 spiro atoms. The fraction of sp³-hybridized carbons (Fsp3) is 0.100. The first kappa shape index (κ1) is 19.3. The molecule has 0 bridgehead atoms. The summed E-state index contributed by atoms with van der Waals surface area (Å²) >= 11 is 5.90. The number of nitrogens with zero attached hydrogens (tertiary/aromatic N) is 2. The fourth-order valence-electron chi connectivity index (χ4n) is 2.40. The van der Waals surface area contributed by atoms with E-state index in [1.807, 2.05) is 0 Å². The zero-order chi connectivity index (χ0) is 19.9. The molecular weight excluding hydrogens is 380 g/mol. The van der Waals surface area contributed by atoms with E-state index in [1.165, 1.54) is 0 Å². The number of amides is 1. The van der Waals surface area contributed by atoms with E-state index < -0.39 is 5.97 Å². The number of nitrogens with one attached hydrogen (secondary N) is 2. The molecule has 142 valence electrons. The van der Waals surface area contributed by atoms with Crippen LogP contribution in [0.2, 0.25) is 5.02 Å². The number of halogens is 1. The van der Waals surface area contributed by atoms with Crippen LogP contribution < -0.4 is 10.6 Å². The standard InChI is InChI=1S/C20H17ClN4O3/c1-2-28-20(27)15-8-3-4-9-16(15)22-17-10-11-18(25-24-17)23-19(26)13-6-5-7-14(21)12-13/h3-12H,2H2,1H3,(H,22,24)(H,23,25,26). The second-order valence-corrected chi connectivity index (χ2v) is 6.10. The summed E-state index contributed by atoms with van der Waals surface area (Å²) in [7, 11) is 0. The molecule has 7 nitrogen and oxygen atoms in total. The molecule has 0 saturated heterocycles. The van der Waals surface area contributed by atoms with Crippen molar-refractivity contribution in [2.45, 2.75) is 6.92 Å². The van der Waals surface area contributed by atoms with Crippen LogP contribution in [0.25, 0.3) is 0 Å². The number of carbonyl (C=O) groups excluding carboxylic acids is 2. The molecule has 0 atom stereocenters. The van der Waals surface area contributed by atoms with Crippen molar-refractivity contribution in [3.63, 3.8) is 0 Å². The van der Waals surface area contributed by atoms with E-state index in [2.05, 4.69) is 20.8 Å². The highest BCUT2D eigenvalue weighted by Crippen LogP contribution is 2.21. The first-order chi connectivity index (χ1) is 13.6. The van der Waals surface area contributed by atoms with Crippen LogP contribution in [0.1, 0.15) is 27.6 Å². The number of hydrogen-bond donors (Lipinski definition) is 2. The number of anilines is 3. The summed E-state index contributed by atoms with van der Waals surface area (Å²) in [5.41, 5.74) is 1.36. The third-order valence-electron chi connectivity index (χ3n) is 3.68. The van der Waals surface area contributed by atoms with Crippen LogP contribution in [-0.4, -0.2) is 28.7 Å². The molecule has 1 amide bonds. The maximum atomic E-state index is 12.2. The minimum atomic E-state index is -0.427. The first-order valence-corrected chi connectivity index (χ1v) is 8.88. The molecule has 3 rings (SSSR count). The topological polar surface area (TPSA) is 93.2 Å². The van der Waals surface area contributed by atoms with Crippen LogP contribution in [0.4, 0.5) is 17.3 Å². The second kappa shape index (κ2) is 8.96. The summed E-state index contributed by atoms with van der Waals surface area (Å²) in [6, 6.07) is 16.8. The van der Waals surface area contributed by atoms with Crippen molar-refractivity contribution < 1.29 is 14.3 Å². The Morgan fingerprint density at radius 1 is 1.00 bits per heavy atom. The Kier molecular flexibility index (Phi) is 6.18. The van der Waals surface area contributed by atoms with Gasteiger partial charge >= 0.3 is 5.97 Å². The van der Waals surface area contributed by atoms with Gasteiger partial charge in [0.25, 0.3) is 5.91 Å². The largest absolute Gasteiger partial charge is 0.462 e. The van der Waals surface area contributed by atoms with Crippen molar-refractivity contribution in [2.75, 3.05) is 17.2 Å². The number of esters is 1. The van der Waals surface area contributed by atoms with Gasteiger partial charge in [0.05, 0.1) is 17.9 Å². The Morgan fingerprint density at radius 2 is 1.75 bits per heavy atom. The molecule has 0 fully saturated rings. The van der Waals surface area contributed by atoms with E-state index in [0.29, 0.717) is 27.7 Å². The maximum Gasteiger partial charge on any atom is 0.340 e. The Bertz CT molecular complexity index is 993. The smallest absolute Gasteiger partial charge is 0.340 e. The molecule has 0 aliphatic heterocycles. The number of carbonyl (C=O) groups is 2. The van der Waals surface area contributed by atoms with E-state index in [0.717, 1.165) is 0 Å². The van der Waals surface area contributed by atoms with E-state index in [-0.39, 0.29) is 18.3 Å². The van der Waals surface area contributed by atoms with E-state index in [9.17, 15) is 9.59 Å². The van der Waals surface area contributed by atoms with Gasteiger partial charge in [-0.25, -0.2) is 4.79 Å². The zero-order valence-corrected chi connectivity index (χ0v) is 15.7. The quantitative estimate of drug-likeness (QED) is 0.603. The molecule has 2 aromatic carbocycles. The number of benzene rings is 2. The van der Waals surface area contributed by atoms with Gasteiger partial charge in [-0.2, -0.15) is 0 Å². The molecule has 0 radical (unpaired) electrons. The van der Waals surface area contributed by atoms with Crippen LogP contribution in [0, 0.1) is 0 Å². The van der Waals surface area contributed by atoms with Crippen molar-refractivity contribution in [2.24, 2.45) is 0 Å². The van der Waals surface area contributed by atoms with Crippen LogP contribution in [0.15, 0.2) is 60.7 Å². The summed E-state index contributed by atoms with van der Waals surface area (Å²) < 4.78 is 5.05. The van der Waals surface area contributed by atoms with E-state index in [1.54, 1.807) is 67.6 Å². The lowest BCUT2D eigenvalue weighted by Gasteiger charge is -2.10. The molecule has 0 aliphatic carbocycles. The Balaban J connectivity index is 1.70. The number of para-hydroxylation sites is 1. The average Bonchev–Trinajstić information content (AvgIpc) is 2.70. The van der Waals surface area contributed by atoms with Crippen LogP contribution in [-0.2, 0) is 4.74 Å². The summed E-state index contributed by atoms with van der Waals surface area (Å²) in [6.07, 6.45) is 0. The SMILES string of the molecule is CCOC(=O)c1ccccc1Nc1ccc(NC(=O)c2cccc(Cl)c2)nn1. The molecule has 3 aromatic rings. The monoisotopic (exact) mass is 396 g/mol. The predicted molar refractivity (Wildman–Crippen MR) is 107 cm³/mol.